The van der Waals surface area contributed by atoms with E-state index in [-0.39, 0.29) is 17.0 Å². The highest BCUT2D eigenvalue weighted by Crippen LogP contribution is 2.36. The van der Waals surface area contributed by atoms with Crippen molar-refractivity contribution in [1.82, 2.24) is 9.78 Å². The lowest BCUT2D eigenvalue weighted by atomic mass is 10.0. The van der Waals surface area contributed by atoms with Crippen LogP contribution in [0.4, 0.5) is 13.2 Å². The van der Waals surface area contributed by atoms with Gasteiger partial charge in [0.1, 0.15) is 5.69 Å². The number of alkyl halides is 3. The molecule has 4 nitrogen and oxygen atoms in total. The number of carbonyl (C=O) groups is 1. The number of hydrogen-bond acceptors (Lipinski definition) is 2. The maximum Gasteiger partial charge on any atom is 0.417 e. The Balaban J connectivity index is 2.60. The van der Waals surface area contributed by atoms with Gasteiger partial charge in [-0.25, -0.2) is 4.79 Å². The molecule has 1 aromatic carbocycles. The zero-order valence-electron chi connectivity index (χ0n) is 9.77. The maximum atomic E-state index is 12.8. The number of carboxylic acid groups (broad SMARTS) is 1. The summed E-state index contributed by atoms with van der Waals surface area (Å²) in [6, 6.07) is 6.03. The molecule has 0 aliphatic heterocycles. The molecular weight excluding hydrogens is 261 g/mol. The molecule has 0 amide bonds. The van der Waals surface area contributed by atoms with Gasteiger partial charge in [0.25, 0.3) is 0 Å². The van der Waals surface area contributed by atoms with Gasteiger partial charge in [-0.2, -0.15) is 18.3 Å². The first-order valence-electron chi connectivity index (χ1n) is 5.24. The van der Waals surface area contributed by atoms with E-state index in [9.17, 15) is 18.0 Å². The van der Waals surface area contributed by atoms with Crippen molar-refractivity contribution in [3.8, 4) is 11.3 Å². The summed E-state index contributed by atoms with van der Waals surface area (Å²) in [4.78, 5) is 10.9. The molecule has 7 heteroatoms. The van der Waals surface area contributed by atoms with Crippen molar-refractivity contribution in [1.29, 1.82) is 0 Å². The van der Waals surface area contributed by atoms with Crippen molar-refractivity contribution in [2.24, 2.45) is 7.05 Å². The molecule has 0 saturated heterocycles. The topological polar surface area (TPSA) is 55.1 Å². The van der Waals surface area contributed by atoms with Crippen molar-refractivity contribution < 1.29 is 23.1 Å². The molecular formula is C12H9F3N2O2. The summed E-state index contributed by atoms with van der Waals surface area (Å²) in [5, 5.41) is 12.7. The minimum Gasteiger partial charge on any atom is -0.477 e. The Hall–Kier alpha value is -2.31. The lowest BCUT2D eigenvalue weighted by molar-refractivity contribution is -0.137. The molecule has 1 aromatic heterocycles. The summed E-state index contributed by atoms with van der Waals surface area (Å²) >= 11 is 0. The van der Waals surface area contributed by atoms with Crippen LogP contribution in [0, 0.1) is 0 Å². The molecule has 0 bridgehead atoms. The van der Waals surface area contributed by atoms with Crippen LogP contribution in [0.2, 0.25) is 0 Å². The first-order valence-corrected chi connectivity index (χ1v) is 5.24. The van der Waals surface area contributed by atoms with Gasteiger partial charge in [-0.15, -0.1) is 0 Å². The van der Waals surface area contributed by atoms with E-state index in [1.54, 1.807) is 0 Å². The molecule has 0 radical (unpaired) electrons. The Morgan fingerprint density at radius 1 is 1.32 bits per heavy atom. The van der Waals surface area contributed by atoms with Gasteiger partial charge in [-0.1, -0.05) is 18.2 Å². The molecule has 2 aromatic rings. The van der Waals surface area contributed by atoms with Crippen molar-refractivity contribution >= 4 is 5.97 Å². The van der Waals surface area contributed by atoms with Crippen molar-refractivity contribution in [2.45, 2.75) is 6.18 Å². The van der Waals surface area contributed by atoms with E-state index in [0.29, 0.717) is 0 Å². The SMILES string of the molecule is Cn1nc(-c2ccccc2C(F)(F)F)cc1C(=O)O. The quantitative estimate of drug-likeness (QED) is 0.912. The minimum absolute atomic E-state index is 0.0205. The number of halogens is 3. The molecule has 0 saturated carbocycles. The molecule has 0 aliphatic rings. The largest absolute Gasteiger partial charge is 0.477 e. The predicted octanol–water partition coefficient (Wildman–Crippen LogP) is 2.80. The van der Waals surface area contributed by atoms with Crippen LogP contribution in [0.3, 0.4) is 0 Å². The van der Waals surface area contributed by atoms with Gasteiger partial charge in [0.05, 0.1) is 11.3 Å². The smallest absolute Gasteiger partial charge is 0.417 e. The number of hydrogen-bond donors (Lipinski definition) is 1. The Kier molecular flexibility index (Phi) is 3.05. The fourth-order valence-electron chi connectivity index (χ4n) is 1.75. The average molecular weight is 270 g/mol. The predicted molar refractivity (Wildman–Crippen MR) is 60.6 cm³/mol. The first-order chi connectivity index (χ1) is 8.80. The van der Waals surface area contributed by atoms with Gasteiger partial charge in [-0.3, -0.25) is 4.68 Å². The molecule has 0 spiro atoms. The normalized spacial score (nSPS) is 11.6. The van der Waals surface area contributed by atoms with Gasteiger partial charge in [0, 0.05) is 12.6 Å². The first kappa shape index (κ1) is 13.1. The van der Waals surface area contributed by atoms with Crippen LogP contribution in [0.25, 0.3) is 11.3 Å². The van der Waals surface area contributed by atoms with Crippen LogP contribution in [-0.4, -0.2) is 20.9 Å². The molecule has 1 N–H and O–H groups in total. The number of aryl methyl sites for hydroxylation is 1. The number of nitrogens with zero attached hydrogens (tertiary/aromatic N) is 2. The van der Waals surface area contributed by atoms with Crippen molar-refractivity contribution in [2.75, 3.05) is 0 Å². The second-order valence-electron chi connectivity index (χ2n) is 3.89. The van der Waals surface area contributed by atoms with Crippen LogP contribution in [0.15, 0.2) is 30.3 Å². The van der Waals surface area contributed by atoms with Gasteiger partial charge in [0.2, 0.25) is 0 Å². The second kappa shape index (κ2) is 4.42. The van der Waals surface area contributed by atoms with E-state index in [4.69, 9.17) is 5.11 Å². The lowest BCUT2D eigenvalue weighted by Gasteiger charge is -2.10. The number of carboxylic acids is 1. The number of rotatable bonds is 2. The summed E-state index contributed by atoms with van der Waals surface area (Å²) in [6.45, 7) is 0. The molecule has 0 aliphatic carbocycles. The molecule has 19 heavy (non-hydrogen) atoms. The number of aromatic carboxylic acids is 1. The highest BCUT2D eigenvalue weighted by atomic mass is 19.4. The van der Waals surface area contributed by atoms with E-state index >= 15 is 0 Å². The van der Waals surface area contributed by atoms with Gasteiger partial charge in [0.15, 0.2) is 0 Å². The molecule has 0 fully saturated rings. The standard InChI is InChI=1S/C12H9F3N2O2/c1-17-10(11(18)19)6-9(16-17)7-4-2-3-5-8(7)12(13,14)15/h2-6H,1H3,(H,18,19). The number of benzene rings is 1. The third kappa shape index (κ3) is 2.44. The van der Waals surface area contributed by atoms with E-state index in [1.807, 2.05) is 0 Å². The highest BCUT2D eigenvalue weighted by Gasteiger charge is 2.34. The molecule has 100 valence electrons. The third-order valence-electron chi connectivity index (χ3n) is 2.61. The van der Waals surface area contributed by atoms with Gasteiger partial charge >= 0.3 is 12.1 Å². The van der Waals surface area contributed by atoms with E-state index in [0.717, 1.165) is 16.8 Å². The Morgan fingerprint density at radius 3 is 2.47 bits per heavy atom. The summed E-state index contributed by atoms with van der Waals surface area (Å²) in [5.41, 5.74) is -1.18. The Labute approximate surface area is 106 Å². The zero-order chi connectivity index (χ0) is 14.2. The van der Waals surface area contributed by atoms with E-state index in [2.05, 4.69) is 5.10 Å². The maximum absolute atomic E-state index is 12.8. The molecule has 0 atom stereocenters. The molecule has 1 heterocycles. The summed E-state index contributed by atoms with van der Waals surface area (Å²) in [7, 11) is 1.36. The Morgan fingerprint density at radius 2 is 1.95 bits per heavy atom. The van der Waals surface area contributed by atoms with Crippen LogP contribution in [-0.2, 0) is 13.2 Å². The van der Waals surface area contributed by atoms with Crippen LogP contribution in [0.1, 0.15) is 16.1 Å². The Bertz CT molecular complexity index is 632. The van der Waals surface area contributed by atoms with Gasteiger partial charge in [-0.05, 0) is 12.1 Å². The highest BCUT2D eigenvalue weighted by molar-refractivity contribution is 5.87. The average Bonchev–Trinajstić information content (AvgIpc) is 2.70. The van der Waals surface area contributed by atoms with E-state index < -0.39 is 17.7 Å². The minimum atomic E-state index is -4.52. The fourth-order valence-corrected chi connectivity index (χ4v) is 1.75. The lowest BCUT2D eigenvalue weighted by Crippen LogP contribution is -2.07. The fraction of sp³-hybridized carbons (Fsp3) is 0.167. The third-order valence-corrected chi connectivity index (χ3v) is 2.61. The molecule has 0 unspecified atom stereocenters. The molecule has 2 rings (SSSR count). The van der Waals surface area contributed by atoms with Crippen molar-refractivity contribution in [3.63, 3.8) is 0 Å². The van der Waals surface area contributed by atoms with Crippen molar-refractivity contribution in [3.05, 3.63) is 41.6 Å². The van der Waals surface area contributed by atoms with Crippen LogP contribution in [0.5, 0.6) is 0 Å². The van der Waals surface area contributed by atoms with Gasteiger partial charge < -0.3 is 5.11 Å². The van der Waals surface area contributed by atoms with E-state index in [1.165, 1.54) is 25.2 Å². The summed E-state index contributed by atoms with van der Waals surface area (Å²) < 4.78 is 39.6. The number of aromatic nitrogens is 2. The second-order valence-corrected chi connectivity index (χ2v) is 3.89. The van der Waals surface area contributed by atoms with Crippen LogP contribution >= 0.6 is 0 Å². The summed E-state index contributed by atoms with van der Waals surface area (Å²) in [6.07, 6.45) is -4.52. The summed E-state index contributed by atoms with van der Waals surface area (Å²) in [5.74, 6) is -1.24. The monoisotopic (exact) mass is 270 g/mol. The zero-order valence-corrected chi connectivity index (χ0v) is 9.77. The van der Waals surface area contributed by atoms with Crippen LogP contribution < -0.4 is 0 Å².